The summed E-state index contributed by atoms with van der Waals surface area (Å²) in [7, 11) is 1.79. The van der Waals surface area contributed by atoms with Gasteiger partial charge in [-0.2, -0.15) is 0 Å². The highest BCUT2D eigenvalue weighted by Gasteiger charge is 2.38. The van der Waals surface area contributed by atoms with Crippen molar-refractivity contribution in [2.75, 3.05) is 7.05 Å². The Morgan fingerprint density at radius 1 is 1.29 bits per heavy atom. The van der Waals surface area contributed by atoms with E-state index >= 15 is 0 Å². The van der Waals surface area contributed by atoms with E-state index in [0.717, 1.165) is 5.56 Å². The fraction of sp³-hybridized carbons (Fsp3) is 0.364. The lowest BCUT2D eigenvalue weighted by Crippen LogP contribution is -2.18. The van der Waals surface area contributed by atoms with Crippen LogP contribution in [0, 0.1) is 5.92 Å². The molecule has 1 saturated heterocycles. The number of carbonyl (C=O) groups is 1. The first-order valence-electron chi connectivity index (χ1n) is 4.69. The minimum absolute atomic E-state index is 0.0451. The maximum Gasteiger partial charge on any atom is 0.329 e. The smallest absolute Gasteiger partial charge is 0.329 e. The van der Waals surface area contributed by atoms with E-state index in [-0.39, 0.29) is 17.9 Å². The van der Waals surface area contributed by atoms with Gasteiger partial charge in [0.1, 0.15) is 0 Å². The molecule has 1 aromatic carbocycles. The molecule has 1 aromatic rings. The summed E-state index contributed by atoms with van der Waals surface area (Å²) in [6.45, 7) is 1.89. The average Bonchev–Trinajstić information content (AvgIpc) is 2.43. The van der Waals surface area contributed by atoms with E-state index in [2.05, 4.69) is 0 Å². The number of hydroxylamine groups is 2. The van der Waals surface area contributed by atoms with Gasteiger partial charge in [-0.15, -0.1) is 5.06 Å². The van der Waals surface area contributed by atoms with Crippen LogP contribution in [0.2, 0.25) is 0 Å². The number of nitrogens with zero attached hydrogens (tertiary/aromatic N) is 1. The van der Waals surface area contributed by atoms with Crippen molar-refractivity contribution < 1.29 is 9.63 Å². The van der Waals surface area contributed by atoms with Crippen LogP contribution in [-0.4, -0.2) is 18.1 Å². The number of rotatable bonds is 1. The second kappa shape index (κ2) is 3.42. The molecule has 0 saturated carbocycles. The molecule has 0 amide bonds. The lowest BCUT2D eigenvalue weighted by molar-refractivity contribution is -0.169. The highest BCUT2D eigenvalue weighted by atomic mass is 16.7. The maximum atomic E-state index is 11.3. The van der Waals surface area contributed by atoms with Crippen LogP contribution >= 0.6 is 0 Å². The molecular weight excluding hydrogens is 178 g/mol. The molecule has 1 aliphatic heterocycles. The standard InChI is InChI=1S/C11H13NO2/c1-8-10(12(2)14-11(8)13)9-6-4-3-5-7-9/h3-8,10H,1-2H3/t8-,10+/m1/s1. The lowest BCUT2D eigenvalue weighted by atomic mass is 9.96. The maximum absolute atomic E-state index is 11.3. The minimum Gasteiger partial charge on any atom is -0.367 e. The third-order valence-electron chi connectivity index (χ3n) is 2.61. The van der Waals surface area contributed by atoms with Crippen LogP contribution in [0.15, 0.2) is 30.3 Å². The van der Waals surface area contributed by atoms with E-state index < -0.39 is 0 Å². The predicted molar refractivity (Wildman–Crippen MR) is 52.2 cm³/mol. The van der Waals surface area contributed by atoms with Gasteiger partial charge in [-0.05, 0) is 12.5 Å². The SMILES string of the molecule is C[C@H]1C(=O)ON(C)[C@@H]1c1ccccc1. The summed E-state index contributed by atoms with van der Waals surface area (Å²) >= 11 is 0. The van der Waals surface area contributed by atoms with Crippen LogP contribution in [0.5, 0.6) is 0 Å². The highest BCUT2D eigenvalue weighted by Crippen LogP contribution is 2.33. The van der Waals surface area contributed by atoms with Gasteiger partial charge in [-0.3, -0.25) is 0 Å². The summed E-state index contributed by atoms with van der Waals surface area (Å²) in [5.41, 5.74) is 1.12. The van der Waals surface area contributed by atoms with Crippen LogP contribution in [0.1, 0.15) is 18.5 Å². The molecule has 0 unspecified atom stereocenters. The van der Waals surface area contributed by atoms with Crippen molar-refractivity contribution in [3.8, 4) is 0 Å². The molecule has 1 aliphatic rings. The molecule has 0 aliphatic carbocycles. The first-order chi connectivity index (χ1) is 6.70. The van der Waals surface area contributed by atoms with Gasteiger partial charge in [0.15, 0.2) is 0 Å². The Bertz CT molecular complexity index is 336. The Balaban J connectivity index is 2.31. The molecule has 3 nitrogen and oxygen atoms in total. The number of carbonyl (C=O) groups excluding carboxylic acids is 1. The zero-order chi connectivity index (χ0) is 10.1. The molecule has 74 valence electrons. The van der Waals surface area contributed by atoms with Crippen molar-refractivity contribution in [3.63, 3.8) is 0 Å². The van der Waals surface area contributed by atoms with Crippen LogP contribution in [0.3, 0.4) is 0 Å². The summed E-state index contributed by atoms with van der Waals surface area (Å²) in [5.74, 6) is -0.247. The van der Waals surface area contributed by atoms with Gasteiger partial charge < -0.3 is 4.84 Å². The summed E-state index contributed by atoms with van der Waals surface area (Å²) in [5, 5.41) is 1.63. The number of hydrogen-bond donors (Lipinski definition) is 0. The van der Waals surface area contributed by atoms with Crippen molar-refractivity contribution in [1.82, 2.24) is 5.06 Å². The Kier molecular flexibility index (Phi) is 2.25. The molecule has 0 aromatic heterocycles. The summed E-state index contributed by atoms with van der Waals surface area (Å²) in [6.07, 6.45) is 0. The van der Waals surface area contributed by atoms with E-state index in [9.17, 15) is 4.79 Å². The van der Waals surface area contributed by atoms with Gasteiger partial charge in [0.25, 0.3) is 0 Å². The normalized spacial score (nSPS) is 27.7. The van der Waals surface area contributed by atoms with Crippen molar-refractivity contribution in [2.24, 2.45) is 5.92 Å². The molecular formula is C11H13NO2. The van der Waals surface area contributed by atoms with Gasteiger partial charge in [0.05, 0.1) is 12.0 Å². The van der Waals surface area contributed by atoms with E-state index in [4.69, 9.17) is 4.84 Å². The molecule has 0 bridgehead atoms. The fourth-order valence-electron chi connectivity index (χ4n) is 1.87. The molecule has 2 rings (SSSR count). The van der Waals surface area contributed by atoms with E-state index in [0.29, 0.717) is 0 Å². The van der Waals surface area contributed by atoms with Crippen LogP contribution in [0.25, 0.3) is 0 Å². The molecule has 1 heterocycles. The second-order valence-electron chi connectivity index (χ2n) is 3.60. The molecule has 0 N–H and O–H groups in total. The van der Waals surface area contributed by atoms with Crippen LogP contribution < -0.4 is 0 Å². The van der Waals surface area contributed by atoms with Gasteiger partial charge >= 0.3 is 5.97 Å². The fourth-order valence-corrected chi connectivity index (χ4v) is 1.87. The Morgan fingerprint density at radius 3 is 2.43 bits per heavy atom. The lowest BCUT2D eigenvalue weighted by Gasteiger charge is -2.18. The Labute approximate surface area is 83.2 Å². The average molecular weight is 191 g/mol. The Hall–Kier alpha value is -1.35. The third kappa shape index (κ3) is 1.40. The zero-order valence-corrected chi connectivity index (χ0v) is 8.31. The molecule has 3 heteroatoms. The van der Waals surface area contributed by atoms with Crippen LogP contribution in [-0.2, 0) is 9.63 Å². The van der Waals surface area contributed by atoms with Crippen molar-refractivity contribution in [2.45, 2.75) is 13.0 Å². The number of hydrogen-bond acceptors (Lipinski definition) is 3. The van der Waals surface area contributed by atoms with Crippen molar-refractivity contribution in [3.05, 3.63) is 35.9 Å². The second-order valence-corrected chi connectivity index (χ2v) is 3.60. The minimum atomic E-state index is -0.152. The first-order valence-corrected chi connectivity index (χ1v) is 4.69. The van der Waals surface area contributed by atoms with E-state index in [1.807, 2.05) is 37.3 Å². The first kappa shape index (κ1) is 9.21. The molecule has 2 atom stereocenters. The monoisotopic (exact) mass is 191 g/mol. The topological polar surface area (TPSA) is 29.5 Å². The van der Waals surface area contributed by atoms with E-state index in [1.165, 1.54) is 0 Å². The quantitative estimate of drug-likeness (QED) is 0.677. The molecule has 1 fully saturated rings. The molecule has 14 heavy (non-hydrogen) atoms. The van der Waals surface area contributed by atoms with Crippen LogP contribution in [0.4, 0.5) is 0 Å². The molecule has 0 spiro atoms. The van der Waals surface area contributed by atoms with Gasteiger partial charge in [-0.25, -0.2) is 4.79 Å². The predicted octanol–water partition coefficient (Wildman–Crippen LogP) is 1.77. The number of benzene rings is 1. The van der Waals surface area contributed by atoms with Gasteiger partial charge in [0, 0.05) is 7.05 Å². The molecule has 0 radical (unpaired) electrons. The summed E-state index contributed by atoms with van der Waals surface area (Å²) < 4.78 is 0. The van der Waals surface area contributed by atoms with Crippen molar-refractivity contribution >= 4 is 5.97 Å². The summed E-state index contributed by atoms with van der Waals surface area (Å²) in [4.78, 5) is 16.3. The third-order valence-corrected chi connectivity index (χ3v) is 2.61. The Morgan fingerprint density at radius 2 is 1.93 bits per heavy atom. The van der Waals surface area contributed by atoms with Gasteiger partial charge in [0.2, 0.25) is 0 Å². The zero-order valence-electron chi connectivity index (χ0n) is 8.31. The van der Waals surface area contributed by atoms with Gasteiger partial charge in [-0.1, -0.05) is 30.3 Å². The van der Waals surface area contributed by atoms with Crippen molar-refractivity contribution in [1.29, 1.82) is 0 Å². The summed E-state index contributed by atoms with van der Waals surface area (Å²) in [6, 6.07) is 9.98. The van der Waals surface area contributed by atoms with E-state index in [1.54, 1.807) is 12.1 Å². The highest BCUT2D eigenvalue weighted by molar-refractivity contribution is 5.74. The largest absolute Gasteiger partial charge is 0.367 e.